The van der Waals surface area contributed by atoms with Crippen LogP contribution < -0.4 is 4.90 Å². The molecule has 0 N–H and O–H groups in total. The maximum absolute atomic E-state index is 14.5. The number of anilines is 2. The average molecular weight is 483 g/mol. The molecule has 1 saturated carbocycles. The van der Waals surface area contributed by atoms with Crippen LogP contribution in [0, 0.1) is 11.8 Å². The van der Waals surface area contributed by atoms with Crippen molar-refractivity contribution in [3.8, 4) is 0 Å². The van der Waals surface area contributed by atoms with Crippen molar-refractivity contribution in [1.82, 2.24) is 4.90 Å². The standard InChI is InChI=1S/C29H26N2O3S/c32-27-20-12-4-5-13-21(20)28(33)31(27)24(18-19-10-2-1-3-11-19)29(34)30-22-14-6-8-16-25(22)35-26-17-9-7-15-23(26)30/h1-3,6-11,14-17,20-21,24H,4-5,12-13,18H2/t20-,21-,24+/m0/s1. The van der Waals surface area contributed by atoms with Crippen LogP contribution in [-0.2, 0) is 20.8 Å². The Morgan fingerprint density at radius 3 is 1.86 bits per heavy atom. The van der Waals surface area contributed by atoms with Crippen LogP contribution in [0.15, 0.2) is 88.7 Å². The third-order valence-electron chi connectivity index (χ3n) is 7.40. The zero-order valence-corrected chi connectivity index (χ0v) is 20.1. The van der Waals surface area contributed by atoms with E-state index in [0.29, 0.717) is 6.42 Å². The van der Waals surface area contributed by atoms with Gasteiger partial charge in [-0.3, -0.25) is 24.2 Å². The summed E-state index contributed by atoms with van der Waals surface area (Å²) in [6.45, 7) is 0. The molecule has 1 saturated heterocycles. The second kappa shape index (κ2) is 9.00. The van der Waals surface area contributed by atoms with Gasteiger partial charge in [-0.1, -0.05) is 79.2 Å². The largest absolute Gasteiger partial charge is 0.277 e. The molecule has 3 amide bonds. The van der Waals surface area contributed by atoms with Gasteiger partial charge in [0.2, 0.25) is 11.8 Å². The van der Waals surface area contributed by atoms with Gasteiger partial charge in [-0.2, -0.15) is 0 Å². The lowest BCUT2D eigenvalue weighted by Crippen LogP contribution is -2.52. The molecule has 3 aromatic rings. The van der Waals surface area contributed by atoms with Crippen molar-refractivity contribution >= 4 is 40.9 Å². The third kappa shape index (κ3) is 3.76. The number of amides is 3. The van der Waals surface area contributed by atoms with Gasteiger partial charge < -0.3 is 0 Å². The van der Waals surface area contributed by atoms with Gasteiger partial charge in [0.05, 0.1) is 23.2 Å². The van der Waals surface area contributed by atoms with Gasteiger partial charge in [-0.05, 0) is 42.7 Å². The van der Waals surface area contributed by atoms with Crippen LogP contribution >= 0.6 is 11.8 Å². The van der Waals surface area contributed by atoms with E-state index in [-0.39, 0.29) is 29.6 Å². The minimum atomic E-state index is -0.896. The molecule has 3 atom stereocenters. The fourth-order valence-corrected chi connectivity index (χ4v) is 6.77. The second-order valence-corrected chi connectivity index (χ2v) is 10.5. The monoisotopic (exact) mass is 482 g/mol. The highest BCUT2D eigenvalue weighted by atomic mass is 32.2. The van der Waals surface area contributed by atoms with E-state index in [9.17, 15) is 14.4 Å². The summed E-state index contributed by atoms with van der Waals surface area (Å²) in [7, 11) is 0. The van der Waals surface area contributed by atoms with Crippen molar-refractivity contribution in [3.05, 3.63) is 84.4 Å². The van der Waals surface area contributed by atoms with Crippen molar-refractivity contribution < 1.29 is 14.4 Å². The molecule has 176 valence electrons. The first-order valence-corrected chi connectivity index (χ1v) is 13.1. The Bertz CT molecular complexity index is 1240. The number of hydrogen-bond acceptors (Lipinski definition) is 4. The van der Waals surface area contributed by atoms with Gasteiger partial charge in [-0.25, -0.2) is 0 Å². The summed E-state index contributed by atoms with van der Waals surface area (Å²) < 4.78 is 0. The second-order valence-electron chi connectivity index (χ2n) is 9.46. The zero-order chi connectivity index (χ0) is 23.9. The number of imide groups is 1. The molecule has 2 aliphatic heterocycles. The highest BCUT2D eigenvalue weighted by molar-refractivity contribution is 7.99. The van der Waals surface area contributed by atoms with Gasteiger partial charge >= 0.3 is 0 Å². The predicted molar refractivity (Wildman–Crippen MR) is 135 cm³/mol. The van der Waals surface area contributed by atoms with Crippen molar-refractivity contribution in [2.75, 3.05) is 4.90 Å². The summed E-state index contributed by atoms with van der Waals surface area (Å²) >= 11 is 1.63. The first kappa shape index (κ1) is 22.1. The van der Waals surface area contributed by atoms with E-state index in [1.165, 1.54) is 4.90 Å². The minimum Gasteiger partial charge on any atom is -0.277 e. The molecule has 0 unspecified atom stereocenters. The van der Waals surface area contributed by atoms with Crippen molar-refractivity contribution in [2.45, 2.75) is 47.9 Å². The molecule has 0 spiro atoms. The first-order chi connectivity index (χ1) is 17.1. The zero-order valence-electron chi connectivity index (χ0n) is 19.3. The molecular formula is C29H26N2O3S. The van der Waals surface area contributed by atoms with E-state index in [2.05, 4.69) is 0 Å². The molecule has 35 heavy (non-hydrogen) atoms. The number of likely N-dealkylation sites (tertiary alicyclic amines) is 1. The summed E-state index contributed by atoms with van der Waals surface area (Å²) in [6, 6.07) is 24.4. The van der Waals surface area contributed by atoms with Crippen LogP contribution in [-0.4, -0.2) is 28.7 Å². The van der Waals surface area contributed by atoms with Gasteiger partial charge in [0.1, 0.15) is 6.04 Å². The fourth-order valence-electron chi connectivity index (χ4n) is 5.71. The van der Waals surface area contributed by atoms with E-state index >= 15 is 0 Å². The number of fused-ring (bicyclic) bond motifs is 3. The summed E-state index contributed by atoms with van der Waals surface area (Å²) in [5, 5.41) is 0. The third-order valence-corrected chi connectivity index (χ3v) is 8.53. The molecule has 5 nitrogen and oxygen atoms in total. The Morgan fingerprint density at radius 2 is 1.29 bits per heavy atom. The number of carbonyl (C=O) groups is 3. The molecule has 2 fully saturated rings. The smallest absolute Gasteiger partial charge is 0.255 e. The normalized spacial score (nSPS) is 21.8. The summed E-state index contributed by atoms with van der Waals surface area (Å²) in [5.41, 5.74) is 2.50. The molecule has 3 aliphatic rings. The molecule has 2 heterocycles. The minimum absolute atomic E-state index is 0.179. The van der Waals surface area contributed by atoms with Gasteiger partial charge in [0.15, 0.2) is 0 Å². The maximum Gasteiger partial charge on any atom is 0.255 e. The summed E-state index contributed by atoms with van der Waals surface area (Å²) in [5.74, 6) is -1.18. The highest BCUT2D eigenvalue weighted by Gasteiger charge is 2.52. The van der Waals surface area contributed by atoms with Crippen molar-refractivity contribution in [2.24, 2.45) is 11.8 Å². The van der Waals surface area contributed by atoms with Crippen LogP contribution in [0.4, 0.5) is 11.4 Å². The van der Waals surface area contributed by atoms with Crippen LogP contribution in [0.25, 0.3) is 0 Å². The first-order valence-electron chi connectivity index (χ1n) is 12.2. The maximum atomic E-state index is 14.5. The Hall–Kier alpha value is -3.38. The Labute approximate surface area is 209 Å². The number of rotatable bonds is 4. The van der Waals surface area contributed by atoms with Crippen molar-refractivity contribution in [3.63, 3.8) is 0 Å². The van der Waals surface area contributed by atoms with Gasteiger partial charge in [0.25, 0.3) is 5.91 Å². The molecule has 6 rings (SSSR count). The van der Waals surface area contributed by atoms with Crippen LogP contribution in [0.1, 0.15) is 31.2 Å². The van der Waals surface area contributed by atoms with Crippen LogP contribution in [0.3, 0.4) is 0 Å². The lowest BCUT2D eigenvalue weighted by Gasteiger charge is -2.36. The molecule has 6 heteroatoms. The number of hydrogen-bond donors (Lipinski definition) is 0. The van der Waals surface area contributed by atoms with Gasteiger partial charge in [0, 0.05) is 16.2 Å². The van der Waals surface area contributed by atoms with Crippen LogP contribution in [0.5, 0.6) is 0 Å². The van der Waals surface area contributed by atoms with E-state index in [1.54, 1.807) is 16.7 Å². The summed E-state index contributed by atoms with van der Waals surface area (Å²) in [6.07, 6.45) is 3.66. The molecular weight excluding hydrogens is 456 g/mol. The predicted octanol–water partition coefficient (Wildman–Crippen LogP) is 5.60. The number of carbonyl (C=O) groups excluding carboxylic acids is 3. The van der Waals surface area contributed by atoms with Crippen LogP contribution in [0.2, 0.25) is 0 Å². The number of benzene rings is 3. The molecule has 1 aliphatic carbocycles. The Morgan fingerprint density at radius 1 is 0.771 bits per heavy atom. The molecule has 0 aromatic heterocycles. The highest BCUT2D eigenvalue weighted by Crippen LogP contribution is 2.49. The quantitative estimate of drug-likeness (QED) is 0.454. The fraction of sp³-hybridized carbons (Fsp3) is 0.276. The molecule has 0 bridgehead atoms. The Balaban J connectivity index is 1.45. The average Bonchev–Trinajstić information content (AvgIpc) is 3.15. The Kier molecular flexibility index (Phi) is 5.69. The lowest BCUT2D eigenvalue weighted by molar-refractivity contribution is -0.147. The van der Waals surface area contributed by atoms with Gasteiger partial charge in [-0.15, -0.1) is 0 Å². The van der Waals surface area contributed by atoms with E-state index in [0.717, 1.165) is 52.4 Å². The topological polar surface area (TPSA) is 57.7 Å². The van der Waals surface area contributed by atoms with Crippen molar-refractivity contribution in [1.29, 1.82) is 0 Å². The lowest BCUT2D eigenvalue weighted by atomic mass is 9.81. The van der Waals surface area contributed by atoms with E-state index in [4.69, 9.17) is 0 Å². The van der Waals surface area contributed by atoms with E-state index < -0.39 is 6.04 Å². The van der Waals surface area contributed by atoms with E-state index in [1.807, 2.05) is 78.9 Å². The number of para-hydroxylation sites is 2. The molecule has 3 aromatic carbocycles. The SMILES string of the molecule is O=C([C@@H](Cc1ccccc1)N1C(=O)[C@H]2CCCC[C@@H]2C1=O)N1c2ccccc2Sc2ccccc21. The summed E-state index contributed by atoms with van der Waals surface area (Å²) in [4.78, 5) is 46.7. The molecule has 0 radical (unpaired) electrons. The number of nitrogens with zero attached hydrogens (tertiary/aromatic N) is 2.